The van der Waals surface area contributed by atoms with E-state index >= 15 is 0 Å². The van der Waals surface area contributed by atoms with Crippen LogP contribution in [0, 0.1) is 10.1 Å². The van der Waals surface area contributed by atoms with Gasteiger partial charge >= 0.3 is 11.7 Å². The highest BCUT2D eigenvalue weighted by Gasteiger charge is 2.20. The first-order valence-electron chi connectivity index (χ1n) is 5.86. The van der Waals surface area contributed by atoms with E-state index in [0.29, 0.717) is 6.54 Å². The van der Waals surface area contributed by atoms with E-state index in [2.05, 4.69) is 10.3 Å². The fraction of sp³-hybridized carbons (Fsp3) is 0.455. The Hall–Kier alpha value is -1.87. The number of nitrogens with zero attached hydrogens (tertiary/aromatic N) is 2. The molecular weight excluding hydrogens is 286 g/mol. The third-order valence-corrected chi connectivity index (χ3v) is 3.38. The lowest BCUT2D eigenvalue weighted by molar-refractivity contribution is -0.385. The molecule has 9 heteroatoms. The van der Waals surface area contributed by atoms with E-state index in [-0.39, 0.29) is 18.0 Å². The molecule has 3 N–H and O–H groups in total. The van der Waals surface area contributed by atoms with Crippen molar-refractivity contribution in [2.24, 2.45) is 0 Å². The number of hydrogen-bond donors (Lipinski definition) is 3. The number of hydrogen-bond acceptors (Lipinski definition) is 7. The van der Waals surface area contributed by atoms with Gasteiger partial charge in [-0.25, -0.2) is 9.78 Å². The van der Waals surface area contributed by atoms with E-state index in [1.165, 1.54) is 0 Å². The van der Waals surface area contributed by atoms with E-state index in [1.807, 2.05) is 0 Å². The lowest BCUT2D eigenvalue weighted by Crippen LogP contribution is -2.09. The summed E-state index contributed by atoms with van der Waals surface area (Å²) in [5.74, 6) is 0.531. The minimum Gasteiger partial charge on any atom is -0.477 e. The Bertz CT molecular complexity index is 483. The van der Waals surface area contributed by atoms with Gasteiger partial charge in [-0.2, -0.15) is 11.8 Å². The van der Waals surface area contributed by atoms with Crippen LogP contribution in [0.25, 0.3) is 0 Å². The van der Waals surface area contributed by atoms with Crippen molar-refractivity contribution in [1.29, 1.82) is 0 Å². The van der Waals surface area contributed by atoms with Gasteiger partial charge in [0.05, 0.1) is 4.92 Å². The largest absolute Gasteiger partial charge is 0.477 e. The zero-order valence-electron chi connectivity index (χ0n) is 10.6. The van der Waals surface area contributed by atoms with Crippen LogP contribution >= 0.6 is 11.8 Å². The summed E-state index contributed by atoms with van der Waals surface area (Å²) in [6, 6.07) is 1.15. The Morgan fingerprint density at radius 2 is 2.25 bits per heavy atom. The Balaban J connectivity index is 2.57. The fourth-order valence-electron chi connectivity index (χ4n) is 1.38. The number of nitrogens with one attached hydrogen (secondary N) is 1. The van der Waals surface area contributed by atoms with E-state index in [9.17, 15) is 14.9 Å². The molecule has 8 nitrogen and oxygen atoms in total. The summed E-state index contributed by atoms with van der Waals surface area (Å²) in [5, 5.41) is 31.1. The molecule has 20 heavy (non-hydrogen) atoms. The van der Waals surface area contributed by atoms with E-state index in [0.717, 1.165) is 30.2 Å². The van der Waals surface area contributed by atoms with Crippen LogP contribution in [-0.4, -0.2) is 50.7 Å². The predicted molar refractivity (Wildman–Crippen MR) is 75.4 cm³/mol. The molecule has 0 aromatic carbocycles. The van der Waals surface area contributed by atoms with Gasteiger partial charge in [0.2, 0.25) is 0 Å². The number of rotatable bonds is 9. The third kappa shape index (κ3) is 5.02. The van der Waals surface area contributed by atoms with Gasteiger partial charge in [-0.3, -0.25) is 10.1 Å². The van der Waals surface area contributed by atoms with E-state index in [4.69, 9.17) is 10.2 Å². The van der Waals surface area contributed by atoms with Gasteiger partial charge in [0.25, 0.3) is 0 Å². The quantitative estimate of drug-likeness (QED) is 0.353. The van der Waals surface area contributed by atoms with Crippen molar-refractivity contribution in [3.63, 3.8) is 0 Å². The van der Waals surface area contributed by atoms with Crippen LogP contribution in [-0.2, 0) is 0 Å². The number of aliphatic hydroxyl groups is 1. The Labute approximate surface area is 119 Å². The summed E-state index contributed by atoms with van der Waals surface area (Å²) < 4.78 is 0. The van der Waals surface area contributed by atoms with Gasteiger partial charge in [-0.1, -0.05) is 0 Å². The Kier molecular flexibility index (Phi) is 6.74. The number of aromatic nitrogens is 1. The topological polar surface area (TPSA) is 126 Å². The molecule has 0 atom stereocenters. The van der Waals surface area contributed by atoms with Crippen LogP contribution in [0.15, 0.2) is 12.3 Å². The number of carboxylic acid groups (broad SMARTS) is 1. The molecule has 1 aromatic heterocycles. The summed E-state index contributed by atoms with van der Waals surface area (Å²) in [7, 11) is 0. The molecular formula is C11H15N3O5S. The zero-order valence-corrected chi connectivity index (χ0v) is 11.4. The van der Waals surface area contributed by atoms with Crippen LogP contribution in [0.5, 0.6) is 0 Å². The van der Waals surface area contributed by atoms with Gasteiger partial charge < -0.3 is 15.5 Å². The number of anilines is 1. The van der Waals surface area contributed by atoms with Gasteiger partial charge in [0.15, 0.2) is 0 Å². The molecule has 1 aromatic rings. The number of thioether (sulfide) groups is 1. The normalized spacial score (nSPS) is 10.2. The third-order valence-electron chi connectivity index (χ3n) is 2.31. The highest BCUT2D eigenvalue weighted by molar-refractivity contribution is 7.99. The SMILES string of the molecule is O=C(O)c1cc(NCCSCCCO)ncc1[N+](=O)[O-]. The first-order chi connectivity index (χ1) is 9.56. The van der Waals surface area contributed by atoms with Crippen molar-refractivity contribution in [3.8, 4) is 0 Å². The van der Waals surface area contributed by atoms with Crippen molar-refractivity contribution in [2.45, 2.75) is 6.42 Å². The fourth-order valence-corrected chi connectivity index (χ4v) is 2.17. The van der Waals surface area contributed by atoms with Crippen LogP contribution in [0.1, 0.15) is 16.8 Å². The van der Waals surface area contributed by atoms with Gasteiger partial charge in [-0.15, -0.1) is 0 Å². The second-order valence-corrected chi connectivity index (χ2v) is 4.99. The molecule has 0 saturated heterocycles. The molecule has 0 aliphatic carbocycles. The zero-order chi connectivity index (χ0) is 15.0. The monoisotopic (exact) mass is 301 g/mol. The highest BCUT2D eigenvalue weighted by Crippen LogP contribution is 2.20. The van der Waals surface area contributed by atoms with Gasteiger partial charge in [-0.05, 0) is 12.2 Å². The molecule has 0 aliphatic heterocycles. The molecule has 1 rings (SSSR count). The number of nitro groups is 1. The maximum Gasteiger partial charge on any atom is 0.342 e. The molecule has 0 spiro atoms. The first kappa shape index (κ1) is 16.2. The average Bonchev–Trinajstić information content (AvgIpc) is 2.42. The summed E-state index contributed by atoms with van der Waals surface area (Å²) in [5.41, 5.74) is -0.916. The average molecular weight is 301 g/mol. The first-order valence-corrected chi connectivity index (χ1v) is 7.02. The maximum absolute atomic E-state index is 10.9. The number of carbonyl (C=O) groups is 1. The molecule has 1 heterocycles. The predicted octanol–water partition coefficient (Wildman–Crippen LogP) is 1.22. The minimum atomic E-state index is -1.36. The van der Waals surface area contributed by atoms with Crippen molar-refractivity contribution in [2.75, 3.05) is 30.0 Å². The Morgan fingerprint density at radius 1 is 1.50 bits per heavy atom. The van der Waals surface area contributed by atoms with Crippen LogP contribution < -0.4 is 5.32 Å². The summed E-state index contributed by atoms with van der Waals surface area (Å²) in [4.78, 5) is 24.6. The second kappa shape index (κ2) is 8.33. The smallest absolute Gasteiger partial charge is 0.342 e. The van der Waals surface area contributed by atoms with Gasteiger partial charge in [0, 0.05) is 25.0 Å². The molecule has 0 amide bonds. The van der Waals surface area contributed by atoms with Crippen molar-refractivity contribution in [1.82, 2.24) is 4.98 Å². The molecule has 0 saturated carbocycles. The van der Waals surface area contributed by atoms with Crippen molar-refractivity contribution >= 4 is 29.2 Å². The maximum atomic E-state index is 10.9. The van der Waals surface area contributed by atoms with Crippen LogP contribution in [0.2, 0.25) is 0 Å². The van der Waals surface area contributed by atoms with Crippen molar-refractivity contribution < 1.29 is 19.9 Å². The molecule has 0 bridgehead atoms. The van der Waals surface area contributed by atoms with Crippen LogP contribution in [0.3, 0.4) is 0 Å². The number of carboxylic acids is 1. The second-order valence-electron chi connectivity index (χ2n) is 3.77. The minimum absolute atomic E-state index is 0.159. The molecule has 0 radical (unpaired) electrons. The number of aromatic carboxylic acids is 1. The number of aliphatic hydroxyl groups excluding tert-OH is 1. The van der Waals surface area contributed by atoms with Crippen molar-refractivity contribution in [3.05, 3.63) is 27.9 Å². The Morgan fingerprint density at radius 3 is 2.85 bits per heavy atom. The molecule has 0 unspecified atom stereocenters. The molecule has 0 aliphatic rings. The van der Waals surface area contributed by atoms with Gasteiger partial charge in [0.1, 0.15) is 17.6 Å². The van der Waals surface area contributed by atoms with Crippen LogP contribution in [0.4, 0.5) is 11.5 Å². The summed E-state index contributed by atoms with van der Waals surface area (Å²) in [6.45, 7) is 0.715. The number of pyridine rings is 1. The highest BCUT2D eigenvalue weighted by atomic mass is 32.2. The van der Waals surface area contributed by atoms with E-state index < -0.39 is 16.6 Å². The summed E-state index contributed by atoms with van der Waals surface area (Å²) >= 11 is 1.64. The summed E-state index contributed by atoms with van der Waals surface area (Å²) in [6.07, 6.45) is 1.66. The standard InChI is InChI=1S/C11H15N3O5S/c15-3-1-4-20-5-2-12-10-6-8(11(16)17)9(7-13-10)14(18)19/h6-7,15H,1-5H2,(H,12,13)(H,16,17). The molecule has 110 valence electrons. The lowest BCUT2D eigenvalue weighted by atomic mass is 10.2. The van der Waals surface area contributed by atoms with E-state index in [1.54, 1.807) is 11.8 Å². The molecule has 0 fully saturated rings. The lowest BCUT2D eigenvalue weighted by Gasteiger charge is -2.06.